The number of esters is 2. The minimum atomic E-state index is -1.66. The Labute approximate surface area is 511 Å². The molecule has 0 radical (unpaired) electrons. The number of rotatable bonds is 16. The number of aromatic carboxylic acids is 1. The monoisotopic (exact) mass is 1300 g/mol. The van der Waals surface area contributed by atoms with E-state index in [1.165, 1.54) is 44.4 Å². The summed E-state index contributed by atoms with van der Waals surface area (Å²) in [5.41, 5.74) is -9.19. The predicted octanol–water partition coefficient (Wildman–Crippen LogP) is 7.93. The summed E-state index contributed by atoms with van der Waals surface area (Å²) >= 11 is 0. The number of phenolic OH excluding ortho intramolecular Hbond substituents is 5. The first-order chi connectivity index (χ1) is 43.1. The Morgan fingerprint density at radius 1 is 0.533 bits per heavy atom. The van der Waals surface area contributed by atoms with E-state index in [1.807, 2.05) is 6.92 Å². The van der Waals surface area contributed by atoms with E-state index < -0.39 is 116 Å². The van der Waals surface area contributed by atoms with Gasteiger partial charge in [0.05, 0.1) is 52.7 Å². The van der Waals surface area contributed by atoms with E-state index in [1.54, 1.807) is 46.8 Å². The van der Waals surface area contributed by atoms with Crippen molar-refractivity contribution < 1.29 is 122 Å². The van der Waals surface area contributed by atoms with E-state index in [-0.39, 0.29) is 69.3 Å². The zero-order valence-electron chi connectivity index (χ0n) is 49.2. The molecule has 0 saturated heterocycles. The van der Waals surface area contributed by atoms with Crippen LogP contribution in [0.15, 0.2) is 88.2 Å². The number of fused-ring (bicyclic) bond motifs is 3. The maximum Gasteiger partial charge on any atom is 0.360 e. The van der Waals surface area contributed by atoms with Crippen molar-refractivity contribution in [3.05, 3.63) is 181 Å². The molecule has 0 aliphatic heterocycles. The maximum atomic E-state index is 11.9. The molecule has 7 N–H and O–H groups in total. The van der Waals surface area contributed by atoms with Gasteiger partial charge in [0.25, 0.3) is 22.3 Å². The fourth-order valence-corrected chi connectivity index (χ4v) is 7.17. The number of hydrogen-bond donors (Lipinski definition) is 7. The number of aromatic hydroxyl groups is 5. The van der Waals surface area contributed by atoms with Crippen molar-refractivity contribution in [2.75, 3.05) is 33.0 Å². The molecule has 92 heavy (non-hydrogen) atoms. The molecule has 3 aromatic heterocycles. The third kappa shape index (κ3) is 20.8. The van der Waals surface area contributed by atoms with Crippen LogP contribution < -0.4 is 16.9 Å². The van der Waals surface area contributed by atoms with Gasteiger partial charge in [-0.2, -0.15) is 9.78 Å². The van der Waals surface area contributed by atoms with Crippen LogP contribution in [-0.2, 0) is 33.8 Å². The van der Waals surface area contributed by atoms with E-state index >= 15 is 0 Å². The Bertz CT molecular complexity index is 4180. The van der Waals surface area contributed by atoms with E-state index in [4.69, 9.17) is 58.7 Å². The molecule has 0 aliphatic carbocycles. The molecule has 7 aromatic rings. The molecule has 0 saturated carbocycles. The molecule has 492 valence electrons. The number of nitro groups is 4. The second kappa shape index (κ2) is 35.2. The molecule has 4 aromatic carbocycles. The molecule has 0 bridgehead atoms. The van der Waals surface area contributed by atoms with Crippen LogP contribution in [0.3, 0.4) is 0 Å². The highest BCUT2D eigenvalue weighted by atomic mass is 17.2. The zero-order chi connectivity index (χ0) is 70.0. The highest BCUT2D eigenvalue weighted by Crippen LogP contribution is 2.46. The van der Waals surface area contributed by atoms with Crippen molar-refractivity contribution in [2.45, 2.75) is 62.3 Å². The standard InChI is InChI=1S/C13H10N2O9.C13H12O5.C11H6N2O9.C10H16O5.C7H8O2.HNO3/c1-3-23-12(17)7-4-6-5(2)8(14(19)20)10(16)9(15(21)22)11(6)24-13(7)18;1-3-17-12(15)10-6-9-7(2)4-8(14)5-11(9)18-13(10)16;1-3-4-2-5(10(15)16)11(17)22-9(4)7(13(20)21)8(14)6(3)12(18)19;1-4-11-9-10(15-13-6-3)7-8-14-12-5-2;1-5-2-6(8)4-7(9)3-5;2-1(3)4/h4,16H,3H2,1-2H3;4-6,14H,3H2,1-2H3;2,14H,1H3,(H,15,16);9H,4-6H2,1-3H3;2-4,8-9H,1H3;(H,2,3,4)/b;;;10-9+;;. The van der Waals surface area contributed by atoms with Gasteiger partial charge < -0.3 is 68.2 Å². The first kappa shape index (κ1) is 75.4. The van der Waals surface area contributed by atoms with Gasteiger partial charge in [-0.25, -0.2) is 28.8 Å². The van der Waals surface area contributed by atoms with Crippen molar-refractivity contribution in [3.8, 4) is 40.8 Å². The van der Waals surface area contributed by atoms with Crippen LogP contribution in [0.4, 0.5) is 22.7 Å². The fraction of sp³-hybridized carbons (Fsp3) is 0.259. The molecular weight excluding hydrogens is 1250 g/mol. The molecule has 38 heteroatoms. The van der Waals surface area contributed by atoms with Gasteiger partial charge in [-0.1, -0.05) is 0 Å². The molecule has 38 nitrogen and oxygen atoms in total. The van der Waals surface area contributed by atoms with Crippen LogP contribution in [0.1, 0.15) is 87.9 Å². The summed E-state index contributed by atoms with van der Waals surface area (Å²) in [6.45, 7) is 16.0. The number of phenols is 5. The lowest BCUT2D eigenvalue weighted by Crippen LogP contribution is -2.17. The van der Waals surface area contributed by atoms with E-state index in [0.717, 1.165) is 24.6 Å². The average Bonchev–Trinajstić information content (AvgIpc) is 0.763. The van der Waals surface area contributed by atoms with Gasteiger partial charge in [0, 0.05) is 45.3 Å². The number of carboxylic acids is 1. The molecule has 0 aliphatic rings. The molecule has 3 heterocycles. The Balaban J connectivity index is 0.000000396. The molecule has 0 spiro atoms. The van der Waals surface area contributed by atoms with E-state index in [9.17, 15) is 84.5 Å². The number of carbonyl (C=O) groups excluding carboxylic acids is 2. The number of carbonyl (C=O) groups is 3. The molecule has 0 unspecified atom stereocenters. The van der Waals surface area contributed by atoms with Crippen LogP contribution >= 0.6 is 0 Å². The smallest absolute Gasteiger partial charge is 0.360 e. The number of ether oxygens (including phenoxy) is 3. The van der Waals surface area contributed by atoms with Gasteiger partial charge in [-0.15, -0.1) is 10.1 Å². The number of hydrogen-bond acceptors (Lipinski definition) is 31. The fourth-order valence-electron chi connectivity index (χ4n) is 7.17. The second-order valence-corrected chi connectivity index (χ2v) is 17.0. The van der Waals surface area contributed by atoms with E-state index in [0.29, 0.717) is 30.8 Å². The van der Waals surface area contributed by atoms with Crippen LogP contribution in [0, 0.1) is 90.3 Å². The summed E-state index contributed by atoms with van der Waals surface area (Å²) in [5.74, 6) is -2.96. The first-order valence-corrected chi connectivity index (χ1v) is 25.5. The number of nitro benzene ring substituents is 4. The number of benzene rings is 4. The first-order valence-electron chi connectivity index (χ1n) is 25.5. The highest BCUT2D eigenvalue weighted by molar-refractivity contribution is 6.01. The zero-order valence-corrected chi connectivity index (χ0v) is 49.2. The topological polar surface area (TPSA) is 564 Å². The summed E-state index contributed by atoms with van der Waals surface area (Å²) in [6.07, 6.45) is 3.62. The van der Waals surface area contributed by atoms with Gasteiger partial charge in [0.2, 0.25) is 11.2 Å². The lowest BCUT2D eigenvalue weighted by molar-refractivity contribution is -0.742. The van der Waals surface area contributed by atoms with Crippen molar-refractivity contribution in [2.24, 2.45) is 0 Å². The SMILES string of the molecule is CCO/C=C(\C#COOCC)OOCC.CCOC(=O)c1cc2c(C)c([N+](=O)[O-])c(O)c([N+](=O)[O-])c2oc1=O.CCOC(=O)c1cc2c(C)cc(O)cc2oc1=O.Cc1c([N+](=O)[O-])c(O)c([N+](=O)[O-])c2oc(=O)c(C(=O)O)cc12.Cc1cc(O)cc(O)c1.O=[N+]([O-])O. The van der Waals surface area contributed by atoms with E-state index in [2.05, 4.69) is 31.0 Å². The van der Waals surface area contributed by atoms with Gasteiger partial charge in [-0.3, -0.25) is 45.3 Å². The third-order valence-corrected chi connectivity index (χ3v) is 10.8. The number of allylic oxidation sites excluding steroid dienone is 1. The molecular formula is C54H53N5O33. The number of aryl methyl sites for hydroxylation is 4. The normalized spacial score (nSPS) is 10.2. The second-order valence-electron chi connectivity index (χ2n) is 17.0. The molecule has 0 atom stereocenters. The van der Waals surface area contributed by atoms with Crippen molar-refractivity contribution in [1.82, 2.24) is 0 Å². The minimum absolute atomic E-state index is 0.00651. The summed E-state index contributed by atoms with van der Waals surface area (Å²) in [4.78, 5) is 136. The summed E-state index contributed by atoms with van der Waals surface area (Å²) in [6, 6.07) is 10.4. The maximum absolute atomic E-state index is 11.9. The van der Waals surface area contributed by atoms with Crippen LogP contribution in [-0.4, -0.2) is 112 Å². The Kier molecular flexibility index (Phi) is 28.9. The summed E-state index contributed by atoms with van der Waals surface area (Å²) in [7, 11) is 0. The summed E-state index contributed by atoms with van der Waals surface area (Å²) < 4.78 is 28.8. The Morgan fingerprint density at radius 3 is 1.33 bits per heavy atom. The third-order valence-electron chi connectivity index (χ3n) is 10.8. The van der Waals surface area contributed by atoms with Crippen molar-refractivity contribution in [3.63, 3.8) is 0 Å². The number of carboxylic acid groups (broad SMARTS) is 1. The Hall–Kier alpha value is -12.7. The number of nitrogens with zero attached hydrogens (tertiary/aromatic N) is 5. The van der Waals surface area contributed by atoms with Gasteiger partial charge in [0.15, 0.2) is 6.11 Å². The summed E-state index contributed by atoms with van der Waals surface area (Å²) in [5, 5.41) is 113. The highest BCUT2D eigenvalue weighted by Gasteiger charge is 2.36. The minimum Gasteiger partial charge on any atom is -0.508 e. The van der Waals surface area contributed by atoms with Gasteiger partial charge in [-0.05, 0) is 110 Å². The average molecular weight is 1300 g/mol. The van der Waals surface area contributed by atoms with Gasteiger partial charge >= 0.3 is 57.5 Å². The van der Waals surface area contributed by atoms with Crippen LogP contribution in [0.25, 0.3) is 32.9 Å². The largest absolute Gasteiger partial charge is 0.508 e. The van der Waals surface area contributed by atoms with Crippen molar-refractivity contribution in [1.29, 1.82) is 0 Å². The van der Waals surface area contributed by atoms with Crippen molar-refractivity contribution >= 4 is 73.6 Å². The lowest BCUT2D eigenvalue weighted by Gasteiger charge is -2.07. The van der Waals surface area contributed by atoms with Crippen LogP contribution in [0.2, 0.25) is 0 Å². The molecule has 7 rings (SSSR count). The molecule has 0 amide bonds. The lowest BCUT2D eigenvalue weighted by atomic mass is 10.0. The van der Waals surface area contributed by atoms with Crippen LogP contribution in [0.5, 0.6) is 28.7 Å². The molecule has 0 fully saturated rings. The van der Waals surface area contributed by atoms with Gasteiger partial charge in [0.1, 0.15) is 45.8 Å². The quantitative estimate of drug-likeness (QED) is 0.00705. The predicted molar refractivity (Wildman–Crippen MR) is 308 cm³/mol. The Morgan fingerprint density at radius 2 is 0.935 bits per heavy atom.